The van der Waals surface area contributed by atoms with E-state index in [1.807, 2.05) is 18.2 Å². The van der Waals surface area contributed by atoms with E-state index in [9.17, 15) is 14.4 Å². The van der Waals surface area contributed by atoms with E-state index in [0.717, 1.165) is 0 Å². The van der Waals surface area contributed by atoms with Gasteiger partial charge >= 0.3 is 0 Å². The van der Waals surface area contributed by atoms with Crippen LogP contribution in [0.25, 0.3) is 67.6 Å². The Hall–Kier alpha value is -8.10. The van der Waals surface area contributed by atoms with Crippen LogP contribution in [0.2, 0.25) is 30.1 Å². The SMILES string of the molecule is O=c1c2ccccc2nc(-n2cncn2)n1-c1ccc(Cl)cc1Cl.O=c1c2ccccc2nc(-n2cncn2)n1-c1ccc(Cl)cc1Cl.O=c1c2ccccc2nc(-n2cncn2)n1-c1ccc(Cl)cc1Cl. The van der Waals surface area contributed by atoms with E-state index < -0.39 is 0 Å². The molecule has 0 N–H and O–H groups in total. The Balaban J connectivity index is 0.000000124. The molecule has 0 spiro atoms. The summed E-state index contributed by atoms with van der Waals surface area (Å²) in [5, 5.41) is 16.1. The van der Waals surface area contributed by atoms with E-state index in [-0.39, 0.29) is 16.7 Å². The van der Waals surface area contributed by atoms with Crippen molar-refractivity contribution in [1.29, 1.82) is 0 Å². The monoisotopic (exact) mass is 1070 g/mol. The third-order valence-electron chi connectivity index (χ3n) is 10.6. The lowest BCUT2D eigenvalue weighted by atomic mass is 10.2. The molecule has 6 heterocycles. The molecule has 0 saturated carbocycles. The summed E-state index contributed by atoms with van der Waals surface area (Å²) < 4.78 is 8.44. The van der Waals surface area contributed by atoms with Gasteiger partial charge in [0.15, 0.2) is 0 Å². The van der Waals surface area contributed by atoms with Crippen molar-refractivity contribution in [3.63, 3.8) is 0 Å². The van der Waals surface area contributed by atoms with Crippen LogP contribution >= 0.6 is 69.6 Å². The fourth-order valence-electron chi connectivity index (χ4n) is 7.40. The van der Waals surface area contributed by atoms with E-state index >= 15 is 0 Å². The lowest BCUT2D eigenvalue weighted by Crippen LogP contribution is -2.25. The lowest BCUT2D eigenvalue weighted by Gasteiger charge is -2.14. The Kier molecular flexibility index (Phi) is 13.4. The molecule has 0 radical (unpaired) electrons. The molecule has 72 heavy (non-hydrogen) atoms. The molecule has 0 unspecified atom stereocenters. The van der Waals surface area contributed by atoms with Crippen LogP contribution in [0, 0.1) is 0 Å². The minimum atomic E-state index is -0.254. The smallest absolute Gasteiger partial charge is 0.267 e. The van der Waals surface area contributed by atoms with Crippen molar-refractivity contribution in [2.45, 2.75) is 0 Å². The van der Waals surface area contributed by atoms with Crippen LogP contribution in [0.4, 0.5) is 0 Å². The first-order valence-corrected chi connectivity index (χ1v) is 23.2. The highest BCUT2D eigenvalue weighted by Crippen LogP contribution is 2.29. The molecule has 6 aromatic heterocycles. The second kappa shape index (κ2) is 20.3. The highest BCUT2D eigenvalue weighted by molar-refractivity contribution is 6.37. The fourth-order valence-corrected chi connectivity index (χ4v) is 8.88. The molecule has 0 amide bonds. The van der Waals surface area contributed by atoms with Gasteiger partial charge in [-0.05, 0) is 91.0 Å². The van der Waals surface area contributed by atoms with Gasteiger partial charge in [0, 0.05) is 15.1 Å². The molecule has 6 aromatic carbocycles. The molecule has 0 fully saturated rings. The van der Waals surface area contributed by atoms with Gasteiger partial charge in [-0.15, -0.1) is 0 Å². The zero-order valence-electron chi connectivity index (χ0n) is 36.3. The summed E-state index contributed by atoms with van der Waals surface area (Å²) in [6.07, 6.45) is 8.52. The zero-order valence-corrected chi connectivity index (χ0v) is 40.8. The first-order chi connectivity index (χ1) is 34.9. The van der Waals surface area contributed by atoms with E-state index in [2.05, 4.69) is 45.2 Å². The van der Waals surface area contributed by atoms with Crippen LogP contribution in [0.1, 0.15) is 0 Å². The predicted molar refractivity (Wildman–Crippen MR) is 277 cm³/mol. The second-order valence-corrected chi connectivity index (χ2v) is 17.5. The summed E-state index contributed by atoms with van der Waals surface area (Å²) in [5.41, 5.74) is 2.33. The largest absolute Gasteiger partial charge is 0.268 e. The molecule has 18 nitrogen and oxygen atoms in total. The van der Waals surface area contributed by atoms with E-state index in [1.54, 1.807) is 109 Å². The summed E-state index contributed by atoms with van der Waals surface area (Å²) in [6, 6.07) is 36.0. The molecule has 0 saturated heterocycles. The highest BCUT2D eigenvalue weighted by atomic mass is 35.5. The maximum absolute atomic E-state index is 13.1. The predicted octanol–water partition coefficient (Wildman–Crippen LogP) is 9.82. The third kappa shape index (κ3) is 9.33. The molecule has 354 valence electrons. The van der Waals surface area contributed by atoms with Gasteiger partial charge in [0.2, 0.25) is 17.8 Å². The highest BCUT2D eigenvalue weighted by Gasteiger charge is 2.20. The number of hydrogen-bond donors (Lipinski definition) is 0. The average Bonchev–Trinajstić information content (AvgIpc) is 4.22. The van der Waals surface area contributed by atoms with E-state index in [1.165, 1.54) is 65.7 Å². The molecule has 0 aliphatic rings. The number of para-hydroxylation sites is 3. The van der Waals surface area contributed by atoms with Gasteiger partial charge < -0.3 is 0 Å². The quantitative estimate of drug-likeness (QED) is 0.153. The summed E-state index contributed by atoms with van der Waals surface area (Å²) in [5.74, 6) is 0.876. The van der Waals surface area contributed by atoms with E-state index in [0.29, 0.717) is 97.8 Å². The maximum atomic E-state index is 13.1. The normalized spacial score (nSPS) is 11.1. The Morgan fingerprint density at radius 1 is 0.347 bits per heavy atom. The number of halogens is 6. The van der Waals surface area contributed by atoms with Crippen LogP contribution in [0.3, 0.4) is 0 Å². The van der Waals surface area contributed by atoms with Crippen molar-refractivity contribution in [2.75, 3.05) is 0 Å². The molecule has 0 atom stereocenters. The molecule has 0 aliphatic carbocycles. The second-order valence-electron chi connectivity index (χ2n) is 15.0. The molecule has 0 bridgehead atoms. The molecule has 0 aliphatic heterocycles. The van der Waals surface area contributed by atoms with Gasteiger partial charge in [-0.2, -0.15) is 29.3 Å². The van der Waals surface area contributed by atoms with Crippen molar-refractivity contribution >= 4 is 102 Å². The average molecular weight is 1070 g/mol. The minimum absolute atomic E-state index is 0.254. The van der Waals surface area contributed by atoms with Crippen LogP contribution in [0.15, 0.2) is 180 Å². The van der Waals surface area contributed by atoms with Crippen molar-refractivity contribution < 1.29 is 0 Å². The zero-order chi connectivity index (χ0) is 50.0. The van der Waals surface area contributed by atoms with Crippen molar-refractivity contribution in [2.24, 2.45) is 0 Å². The number of rotatable bonds is 6. The van der Waals surface area contributed by atoms with Gasteiger partial charge in [-0.1, -0.05) is 106 Å². The number of benzene rings is 6. The first-order valence-electron chi connectivity index (χ1n) is 20.9. The molecule has 12 aromatic rings. The Labute approximate surface area is 434 Å². The van der Waals surface area contributed by atoms with Crippen molar-refractivity contribution in [1.82, 2.24) is 72.9 Å². The molecule has 12 rings (SSSR count). The fraction of sp³-hybridized carbons (Fsp3) is 0. The summed E-state index contributed by atoms with van der Waals surface area (Å²) >= 11 is 36.8. The first kappa shape index (κ1) is 47.6. The summed E-state index contributed by atoms with van der Waals surface area (Å²) in [7, 11) is 0. The van der Waals surface area contributed by atoms with Crippen LogP contribution in [-0.4, -0.2) is 72.9 Å². The van der Waals surface area contributed by atoms with Crippen LogP contribution in [-0.2, 0) is 0 Å². The van der Waals surface area contributed by atoms with Gasteiger partial charge in [-0.25, -0.2) is 43.6 Å². The third-order valence-corrected chi connectivity index (χ3v) is 12.2. The van der Waals surface area contributed by atoms with Gasteiger partial charge in [0.25, 0.3) is 16.7 Å². The molecular formula is C48H27Cl6N15O3. The Bertz CT molecular complexity index is 3740. The van der Waals surface area contributed by atoms with Crippen molar-refractivity contribution in [3.05, 3.63) is 227 Å². The lowest BCUT2D eigenvalue weighted by molar-refractivity contribution is 0.761. The topological polar surface area (TPSA) is 197 Å². The number of fused-ring (bicyclic) bond motifs is 3. The van der Waals surface area contributed by atoms with Gasteiger partial charge in [-0.3, -0.25) is 14.4 Å². The maximum Gasteiger partial charge on any atom is 0.267 e. The number of hydrogen-bond acceptors (Lipinski definition) is 12. The summed E-state index contributed by atoms with van der Waals surface area (Å²) in [4.78, 5) is 64.6. The number of aromatic nitrogens is 15. The number of nitrogens with zero attached hydrogens (tertiary/aromatic N) is 15. The van der Waals surface area contributed by atoms with E-state index in [4.69, 9.17) is 69.6 Å². The Morgan fingerprint density at radius 2 is 0.625 bits per heavy atom. The van der Waals surface area contributed by atoms with Crippen LogP contribution < -0.4 is 16.7 Å². The summed E-state index contributed by atoms with van der Waals surface area (Å²) in [6.45, 7) is 0. The Morgan fingerprint density at radius 3 is 0.875 bits per heavy atom. The van der Waals surface area contributed by atoms with Gasteiger partial charge in [0.1, 0.15) is 38.0 Å². The van der Waals surface area contributed by atoms with Gasteiger partial charge in [0.05, 0.1) is 64.8 Å². The molecule has 24 heteroatoms. The minimum Gasteiger partial charge on any atom is -0.268 e. The van der Waals surface area contributed by atoms with Crippen molar-refractivity contribution in [3.8, 4) is 34.9 Å². The standard InChI is InChI=1S/3C16H9Cl2N5O/c3*17-10-5-6-14(12(18)7-10)23-15(24)11-3-1-2-4-13(11)21-16(23)22-9-19-8-20-22/h3*1-9H. The van der Waals surface area contributed by atoms with Crippen LogP contribution in [0.5, 0.6) is 0 Å². The molecular weight excluding hydrogens is 1050 g/mol.